The number of aliphatic carboxylic acids is 1. The Morgan fingerprint density at radius 1 is 1.53 bits per heavy atom. The van der Waals surface area contributed by atoms with Crippen molar-refractivity contribution in [2.24, 2.45) is 0 Å². The molecular weight excluding hydrogens is 230 g/mol. The van der Waals surface area contributed by atoms with Crippen LogP contribution in [0.3, 0.4) is 0 Å². The maximum absolute atomic E-state index is 11.2. The number of H-pyrrole nitrogens is 1. The van der Waals surface area contributed by atoms with Crippen LogP contribution in [0.25, 0.3) is 0 Å². The van der Waals surface area contributed by atoms with Crippen molar-refractivity contribution in [3.05, 3.63) is 18.2 Å². The second-order valence-corrected chi connectivity index (χ2v) is 3.38. The molecule has 0 radical (unpaired) electrons. The van der Waals surface area contributed by atoms with Crippen LogP contribution in [-0.4, -0.2) is 55.9 Å². The van der Waals surface area contributed by atoms with Crippen LogP contribution in [0, 0.1) is 0 Å². The Bertz CT molecular complexity index is 378. The predicted octanol–water partition coefficient (Wildman–Crippen LogP) is -2.13. The summed E-state index contributed by atoms with van der Waals surface area (Å²) in [6.07, 6.45) is 1.21. The summed E-state index contributed by atoms with van der Waals surface area (Å²) in [5.41, 5.74) is 0.538. The molecule has 5 N–H and O–H groups in total. The van der Waals surface area contributed by atoms with Gasteiger partial charge in [-0.3, -0.25) is 4.79 Å². The molecule has 0 saturated carbocycles. The molecule has 0 saturated heterocycles. The molecule has 2 atom stereocenters. The van der Waals surface area contributed by atoms with E-state index in [1.807, 2.05) is 0 Å². The molecule has 1 aromatic rings. The average Bonchev–Trinajstić information content (AvgIpc) is 2.79. The normalized spacial score (nSPS) is 14.0. The summed E-state index contributed by atoms with van der Waals surface area (Å²) in [7, 11) is 0. The predicted molar refractivity (Wildman–Crippen MR) is 55.0 cm³/mol. The molecule has 1 aromatic heterocycles. The number of imidazole rings is 1. The van der Waals surface area contributed by atoms with Gasteiger partial charge in [-0.25, -0.2) is 9.78 Å². The largest absolute Gasteiger partial charge is 0.480 e. The van der Waals surface area contributed by atoms with E-state index in [2.05, 4.69) is 15.3 Å². The molecule has 17 heavy (non-hydrogen) atoms. The smallest absolute Gasteiger partial charge is 0.326 e. The second-order valence-electron chi connectivity index (χ2n) is 3.38. The highest BCUT2D eigenvalue weighted by Crippen LogP contribution is 1.99. The number of carbonyl (C=O) groups excluding carboxylic acids is 1. The van der Waals surface area contributed by atoms with Crippen LogP contribution in [0.15, 0.2) is 12.5 Å². The Kier molecular flexibility index (Phi) is 4.61. The Balaban J connectivity index is 2.61. The van der Waals surface area contributed by atoms with Gasteiger partial charge < -0.3 is 25.6 Å². The lowest BCUT2D eigenvalue weighted by Crippen LogP contribution is -2.47. The molecular formula is C9H13N3O5. The summed E-state index contributed by atoms with van der Waals surface area (Å²) in [5.74, 6) is -2.17. The second kappa shape index (κ2) is 5.97. The van der Waals surface area contributed by atoms with E-state index in [4.69, 9.17) is 15.3 Å². The van der Waals surface area contributed by atoms with E-state index in [0.29, 0.717) is 5.69 Å². The fourth-order valence-corrected chi connectivity index (χ4v) is 1.17. The molecule has 1 rings (SSSR count). The van der Waals surface area contributed by atoms with Crippen molar-refractivity contribution in [1.82, 2.24) is 15.3 Å². The molecule has 1 amide bonds. The van der Waals surface area contributed by atoms with Gasteiger partial charge in [-0.15, -0.1) is 0 Å². The number of carboxylic acids is 1. The van der Waals surface area contributed by atoms with E-state index in [1.54, 1.807) is 0 Å². The quantitative estimate of drug-likeness (QED) is 0.387. The molecule has 1 heterocycles. The van der Waals surface area contributed by atoms with Gasteiger partial charge in [-0.2, -0.15) is 0 Å². The minimum absolute atomic E-state index is 0.0131. The number of aromatic nitrogens is 2. The number of carbonyl (C=O) groups is 2. The fourth-order valence-electron chi connectivity index (χ4n) is 1.17. The zero-order valence-corrected chi connectivity index (χ0v) is 8.83. The SMILES string of the molecule is O=C(NC(Cc1cnc[nH]1)C(=O)O)C(O)CO. The Morgan fingerprint density at radius 3 is 2.71 bits per heavy atom. The van der Waals surface area contributed by atoms with Crippen molar-refractivity contribution in [3.8, 4) is 0 Å². The lowest BCUT2D eigenvalue weighted by molar-refractivity contribution is -0.143. The average molecular weight is 243 g/mol. The van der Waals surface area contributed by atoms with Crippen LogP contribution < -0.4 is 5.32 Å². The Morgan fingerprint density at radius 2 is 2.24 bits per heavy atom. The minimum Gasteiger partial charge on any atom is -0.480 e. The van der Waals surface area contributed by atoms with Gasteiger partial charge in [-0.1, -0.05) is 0 Å². The first-order chi connectivity index (χ1) is 8.04. The van der Waals surface area contributed by atoms with Gasteiger partial charge >= 0.3 is 5.97 Å². The highest BCUT2D eigenvalue weighted by molar-refractivity contribution is 5.86. The van der Waals surface area contributed by atoms with Crippen molar-refractivity contribution >= 4 is 11.9 Å². The molecule has 0 aliphatic heterocycles. The third-order valence-corrected chi connectivity index (χ3v) is 2.07. The first-order valence-electron chi connectivity index (χ1n) is 4.84. The molecule has 8 heteroatoms. The van der Waals surface area contributed by atoms with Crippen LogP contribution in [0.5, 0.6) is 0 Å². The van der Waals surface area contributed by atoms with Crippen LogP contribution in [0.2, 0.25) is 0 Å². The maximum Gasteiger partial charge on any atom is 0.326 e. The van der Waals surface area contributed by atoms with E-state index in [9.17, 15) is 9.59 Å². The van der Waals surface area contributed by atoms with E-state index in [0.717, 1.165) is 0 Å². The van der Waals surface area contributed by atoms with Gasteiger partial charge in [0.05, 0.1) is 12.9 Å². The third-order valence-electron chi connectivity index (χ3n) is 2.07. The molecule has 0 aliphatic rings. The van der Waals surface area contributed by atoms with Crippen molar-refractivity contribution in [1.29, 1.82) is 0 Å². The zero-order valence-electron chi connectivity index (χ0n) is 8.83. The monoisotopic (exact) mass is 243 g/mol. The van der Waals surface area contributed by atoms with Crippen LogP contribution in [-0.2, 0) is 16.0 Å². The minimum atomic E-state index is -1.63. The van der Waals surface area contributed by atoms with Crippen molar-refractivity contribution < 1.29 is 24.9 Å². The highest BCUT2D eigenvalue weighted by Gasteiger charge is 2.24. The number of carboxylic acid groups (broad SMARTS) is 1. The van der Waals surface area contributed by atoms with Gasteiger partial charge in [0, 0.05) is 18.3 Å². The van der Waals surface area contributed by atoms with E-state index in [-0.39, 0.29) is 6.42 Å². The molecule has 0 spiro atoms. The Hall–Kier alpha value is -1.93. The lowest BCUT2D eigenvalue weighted by atomic mass is 10.1. The van der Waals surface area contributed by atoms with Crippen molar-refractivity contribution in [2.45, 2.75) is 18.6 Å². The van der Waals surface area contributed by atoms with Gasteiger partial charge in [0.1, 0.15) is 6.04 Å². The summed E-state index contributed by atoms with van der Waals surface area (Å²) >= 11 is 0. The summed E-state index contributed by atoms with van der Waals surface area (Å²) in [6, 6.07) is -1.19. The van der Waals surface area contributed by atoms with Crippen LogP contribution in [0.1, 0.15) is 5.69 Å². The van der Waals surface area contributed by atoms with Crippen molar-refractivity contribution in [2.75, 3.05) is 6.61 Å². The summed E-state index contributed by atoms with van der Waals surface area (Å²) in [6.45, 7) is -0.762. The molecule has 94 valence electrons. The van der Waals surface area contributed by atoms with Crippen LogP contribution in [0.4, 0.5) is 0 Å². The number of aliphatic hydroxyl groups is 2. The number of amides is 1. The summed E-state index contributed by atoms with van der Waals surface area (Å²) < 4.78 is 0. The Labute approximate surface area is 96.3 Å². The number of nitrogens with zero attached hydrogens (tertiary/aromatic N) is 1. The highest BCUT2D eigenvalue weighted by atomic mass is 16.4. The molecule has 2 unspecified atom stereocenters. The molecule has 0 bridgehead atoms. The standard InChI is InChI=1S/C9H13N3O5/c13-3-7(14)8(15)12-6(9(16)17)1-5-2-10-4-11-5/h2,4,6-7,13-14H,1,3H2,(H,10,11)(H,12,15)(H,16,17). The zero-order chi connectivity index (χ0) is 12.8. The molecule has 0 aromatic carbocycles. The number of nitrogens with one attached hydrogen (secondary N) is 2. The van der Waals surface area contributed by atoms with E-state index >= 15 is 0 Å². The first-order valence-corrected chi connectivity index (χ1v) is 4.84. The number of hydrogen-bond donors (Lipinski definition) is 5. The third kappa shape index (κ3) is 3.85. The summed E-state index contributed by atoms with van der Waals surface area (Å²) in [4.78, 5) is 28.5. The van der Waals surface area contributed by atoms with E-state index < -0.39 is 30.6 Å². The van der Waals surface area contributed by atoms with Crippen molar-refractivity contribution in [3.63, 3.8) is 0 Å². The number of hydrogen-bond acceptors (Lipinski definition) is 5. The van der Waals surface area contributed by atoms with Gasteiger partial charge in [-0.05, 0) is 0 Å². The molecule has 0 aliphatic carbocycles. The molecule has 0 fully saturated rings. The fraction of sp³-hybridized carbons (Fsp3) is 0.444. The van der Waals surface area contributed by atoms with Gasteiger partial charge in [0.15, 0.2) is 6.10 Å². The van der Waals surface area contributed by atoms with Gasteiger partial charge in [0.2, 0.25) is 0 Å². The number of rotatable bonds is 6. The lowest BCUT2D eigenvalue weighted by Gasteiger charge is -2.15. The number of aliphatic hydroxyl groups excluding tert-OH is 2. The number of aromatic amines is 1. The maximum atomic E-state index is 11.2. The first kappa shape index (κ1) is 13.1. The van der Waals surface area contributed by atoms with Crippen LogP contribution >= 0.6 is 0 Å². The van der Waals surface area contributed by atoms with Gasteiger partial charge in [0.25, 0.3) is 5.91 Å². The summed E-state index contributed by atoms with van der Waals surface area (Å²) in [5, 5.41) is 28.5. The van der Waals surface area contributed by atoms with E-state index in [1.165, 1.54) is 12.5 Å². The molecule has 8 nitrogen and oxygen atoms in total. The topological polar surface area (TPSA) is 136 Å².